The summed E-state index contributed by atoms with van der Waals surface area (Å²) in [6.07, 6.45) is -4.64. The normalized spacial score (nSPS) is 10.8. The second-order valence-corrected chi connectivity index (χ2v) is 4.39. The number of hydrogen-bond acceptors (Lipinski definition) is 3. The van der Waals surface area contributed by atoms with Crippen molar-refractivity contribution in [2.24, 2.45) is 0 Å². The molecule has 22 heavy (non-hydrogen) atoms. The van der Waals surface area contributed by atoms with Crippen molar-refractivity contribution in [2.75, 3.05) is 0 Å². The first-order valence-electron chi connectivity index (χ1n) is 6.25. The highest BCUT2D eigenvalue weighted by molar-refractivity contribution is 5.91. The first kappa shape index (κ1) is 15.6. The Hall–Kier alpha value is -2.81. The van der Waals surface area contributed by atoms with Gasteiger partial charge >= 0.3 is 12.1 Å². The molecule has 3 nitrogen and oxygen atoms in total. The fourth-order valence-corrected chi connectivity index (χ4v) is 1.88. The van der Waals surface area contributed by atoms with Crippen molar-refractivity contribution in [3.8, 4) is 6.07 Å². The minimum absolute atomic E-state index is 0.269. The van der Waals surface area contributed by atoms with E-state index >= 15 is 0 Å². The first-order chi connectivity index (χ1) is 10.4. The van der Waals surface area contributed by atoms with E-state index in [1.54, 1.807) is 18.2 Å². The van der Waals surface area contributed by atoms with Crippen molar-refractivity contribution in [1.29, 1.82) is 5.26 Å². The summed E-state index contributed by atoms with van der Waals surface area (Å²) in [6, 6.07) is 12.7. The Morgan fingerprint density at radius 3 is 2.41 bits per heavy atom. The van der Waals surface area contributed by atoms with Crippen LogP contribution in [0.2, 0.25) is 0 Å². The lowest BCUT2D eigenvalue weighted by molar-refractivity contribution is -0.138. The van der Waals surface area contributed by atoms with Crippen molar-refractivity contribution in [2.45, 2.75) is 12.8 Å². The van der Waals surface area contributed by atoms with E-state index in [1.807, 2.05) is 6.07 Å². The molecule has 2 rings (SSSR count). The van der Waals surface area contributed by atoms with Gasteiger partial charge in [0.05, 0.1) is 22.8 Å². The largest absolute Gasteiger partial charge is 0.457 e. The number of nitriles is 1. The average molecular weight is 305 g/mol. The van der Waals surface area contributed by atoms with Gasteiger partial charge in [0.25, 0.3) is 0 Å². The highest BCUT2D eigenvalue weighted by Gasteiger charge is 2.35. The van der Waals surface area contributed by atoms with Crippen LogP contribution in [-0.2, 0) is 17.5 Å². The standard InChI is InChI=1S/C16H10F3NO2/c17-16(18,19)14-8-4-3-7-13(14)15(21)22-10-12-6-2-1-5-11(12)9-20/h1-8H,10H2. The average Bonchev–Trinajstić information content (AvgIpc) is 2.52. The van der Waals surface area contributed by atoms with Crippen molar-refractivity contribution >= 4 is 5.97 Å². The van der Waals surface area contributed by atoms with Gasteiger partial charge in [-0.2, -0.15) is 18.4 Å². The Balaban J connectivity index is 2.19. The SMILES string of the molecule is N#Cc1ccccc1COC(=O)c1ccccc1C(F)(F)F. The summed E-state index contributed by atoms with van der Waals surface area (Å²) >= 11 is 0. The summed E-state index contributed by atoms with van der Waals surface area (Å²) in [6.45, 7) is -0.269. The first-order valence-corrected chi connectivity index (χ1v) is 6.25. The lowest BCUT2D eigenvalue weighted by Crippen LogP contribution is -2.15. The molecule has 0 bridgehead atoms. The molecule has 2 aromatic rings. The number of halogens is 3. The topological polar surface area (TPSA) is 50.1 Å². The van der Waals surface area contributed by atoms with Crippen LogP contribution < -0.4 is 0 Å². The van der Waals surface area contributed by atoms with E-state index in [0.717, 1.165) is 12.1 Å². The number of alkyl halides is 3. The molecule has 0 amide bonds. The monoisotopic (exact) mass is 305 g/mol. The molecule has 0 spiro atoms. The highest BCUT2D eigenvalue weighted by atomic mass is 19.4. The number of esters is 1. The summed E-state index contributed by atoms with van der Waals surface area (Å²) in [5.41, 5.74) is -0.861. The molecule has 2 aromatic carbocycles. The molecule has 0 radical (unpaired) electrons. The molecule has 0 aromatic heterocycles. The van der Waals surface area contributed by atoms with Gasteiger partial charge in [0, 0.05) is 5.56 Å². The highest BCUT2D eigenvalue weighted by Crippen LogP contribution is 2.32. The Morgan fingerprint density at radius 1 is 1.09 bits per heavy atom. The Labute approximate surface area is 124 Å². The summed E-state index contributed by atoms with van der Waals surface area (Å²) < 4.78 is 43.4. The van der Waals surface area contributed by atoms with Crippen LogP contribution in [0.25, 0.3) is 0 Å². The number of benzene rings is 2. The van der Waals surface area contributed by atoms with E-state index in [0.29, 0.717) is 11.1 Å². The number of hydrogen-bond donors (Lipinski definition) is 0. The third-order valence-electron chi connectivity index (χ3n) is 2.95. The van der Waals surface area contributed by atoms with Gasteiger partial charge in [0.15, 0.2) is 0 Å². The molecule has 0 atom stereocenters. The van der Waals surface area contributed by atoms with E-state index in [1.165, 1.54) is 18.2 Å². The van der Waals surface area contributed by atoms with Crippen LogP contribution in [0, 0.1) is 11.3 Å². The molecule has 0 aliphatic carbocycles. The number of carbonyl (C=O) groups excluding carboxylic acids is 1. The van der Waals surface area contributed by atoms with E-state index < -0.39 is 23.3 Å². The maximum atomic E-state index is 12.8. The lowest BCUT2D eigenvalue weighted by atomic mass is 10.1. The fraction of sp³-hybridized carbons (Fsp3) is 0.125. The zero-order valence-electron chi connectivity index (χ0n) is 11.2. The van der Waals surface area contributed by atoms with Crippen LogP contribution in [0.15, 0.2) is 48.5 Å². The van der Waals surface area contributed by atoms with Crippen molar-refractivity contribution < 1.29 is 22.7 Å². The summed E-state index contributed by atoms with van der Waals surface area (Å²) in [7, 11) is 0. The van der Waals surface area contributed by atoms with E-state index in [4.69, 9.17) is 10.00 Å². The molecule has 0 fully saturated rings. The summed E-state index contributed by atoms with van der Waals surface area (Å²) in [5, 5.41) is 8.91. The Kier molecular flexibility index (Phi) is 4.47. The molecular weight excluding hydrogens is 295 g/mol. The molecule has 0 N–H and O–H groups in total. The Bertz CT molecular complexity index is 733. The number of nitrogens with zero attached hydrogens (tertiary/aromatic N) is 1. The molecule has 0 saturated heterocycles. The smallest absolute Gasteiger partial charge is 0.417 e. The van der Waals surface area contributed by atoms with Crippen LogP contribution in [0.3, 0.4) is 0 Å². The van der Waals surface area contributed by atoms with Gasteiger partial charge in [-0.3, -0.25) is 0 Å². The van der Waals surface area contributed by atoms with Crippen molar-refractivity contribution in [3.63, 3.8) is 0 Å². The van der Waals surface area contributed by atoms with Gasteiger partial charge in [-0.15, -0.1) is 0 Å². The molecule has 6 heteroatoms. The number of ether oxygens (including phenoxy) is 1. The van der Waals surface area contributed by atoms with Crippen molar-refractivity contribution in [1.82, 2.24) is 0 Å². The minimum atomic E-state index is -4.64. The van der Waals surface area contributed by atoms with Crippen LogP contribution in [0.5, 0.6) is 0 Å². The zero-order valence-corrected chi connectivity index (χ0v) is 11.2. The molecular formula is C16H10F3NO2. The molecule has 112 valence electrons. The van der Waals surface area contributed by atoms with Gasteiger partial charge in [0.1, 0.15) is 6.61 Å². The van der Waals surface area contributed by atoms with Crippen LogP contribution >= 0.6 is 0 Å². The second kappa shape index (κ2) is 6.31. The third kappa shape index (κ3) is 3.44. The van der Waals surface area contributed by atoms with Crippen molar-refractivity contribution in [3.05, 3.63) is 70.8 Å². The minimum Gasteiger partial charge on any atom is -0.457 e. The molecule has 0 heterocycles. The molecule has 0 aliphatic heterocycles. The molecule has 0 aliphatic rings. The van der Waals surface area contributed by atoms with Crippen LogP contribution in [0.1, 0.15) is 27.0 Å². The second-order valence-electron chi connectivity index (χ2n) is 4.39. The lowest BCUT2D eigenvalue weighted by Gasteiger charge is -2.12. The quantitative estimate of drug-likeness (QED) is 0.807. The zero-order chi connectivity index (χ0) is 16.2. The van der Waals surface area contributed by atoms with E-state index in [-0.39, 0.29) is 6.61 Å². The van der Waals surface area contributed by atoms with E-state index in [9.17, 15) is 18.0 Å². The predicted molar refractivity (Wildman–Crippen MR) is 71.7 cm³/mol. The third-order valence-corrected chi connectivity index (χ3v) is 2.95. The van der Waals surface area contributed by atoms with Gasteiger partial charge in [0.2, 0.25) is 0 Å². The maximum absolute atomic E-state index is 12.8. The summed E-state index contributed by atoms with van der Waals surface area (Å²) in [5.74, 6) is -1.08. The predicted octanol–water partition coefficient (Wildman–Crippen LogP) is 3.93. The van der Waals surface area contributed by atoms with E-state index in [2.05, 4.69) is 0 Å². The summed E-state index contributed by atoms with van der Waals surface area (Å²) in [4.78, 5) is 11.9. The van der Waals surface area contributed by atoms with Gasteiger partial charge < -0.3 is 4.74 Å². The molecule has 0 saturated carbocycles. The fourth-order valence-electron chi connectivity index (χ4n) is 1.88. The van der Waals surface area contributed by atoms with Gasteiger partial charge in [-0.05, 0) is 18.2 Å². The Morgan fingerprint density at radius 2 is 1.73 bits per heavy atom. The number of rotatable bonds is 3. The van der Waals surface area contributed by atoms with Crippen LogP contribution in [-0.4, -0.2) is 5.97 Å². The number of carbonyl (C=O) groups is 1. The maximum Gasteiger partial charge on any atom is 0.417 e. The molecule has 0 unspecified atom stereocenters. The van der Waals surface area contributed by atoms with Crippen LogP contribution in [0.4, 0.5) is 13.2 Å². The van der Waals surface area contributed by atoms with Gasteiger partial charge in [-0.1, -0.05) is 30.3 Å². The van der Waals surface area contributed by atoms with Gasteiger partial charge in [-0.25, -0.2) is 4.79 Å².